The second kappa shape index (κ2) is 6.67. The number of nitrogens with two attached hydrogens (primary N) is 1. The minimum absolute atomic E-state index is 0.0519. The molecule has 0 aliphatic carbocycles. The fraction of sp³-hybridized carbons (Fsp3) is 0.571. The van der Waals surface area contributed by atoms with Gasteiger partial charge in [-0.1, -0.05) is 12.1 Å². The molecule has 2 rings (SSSR count). The zero-order chi connectivity index (χ0) is 14.5. The van der Waals surface area contributed by atoms with Gasteiger partial charge in [0.2, 0.25) is 0 Å². The molecule has 6 nitrogen and oxygen atoms in total. The van der Waals surface area contributed by atoms with Crippen molar-refractivity contribution in [1.82, 2.24) is 14.8 Å². The summed E-state index contributed by atoms with van der Waals surface area (Å²) in [4.78, 5) is 9.02. The first-order valence-electron chi connectivity index (χ1n) is 7.03. The summed E-state index contributed by atoms with van der Waals surface area (Å²) in [6.07, 6.45) is 1.70. The number of pyridine rings is 1. The van der Waals surface area contributed by atoms with E-state index in [1.165, 1.54) is 0 Å². The van der Waals surface area contributed by atoms with Crippen LogP contribution in [0, 0.1) is 0 Å². The summed E-state index contributed by atoms with van der Waals surface area (Å²) in [6.45, 7) is 9.70. The van der Waals surface area contributed by atoms with Crippen LogP contribution < -0.4 is 5.73 Å². The first-order chi connectivity index (χ1) is 9.63. The van der Waals surface area contributed by atoms with Gasteiger partial charge in [0, 0.05) is 38.4 Å². The zero-order valence-corrected chi connectivity index (χ0v) is 12.2. The monoisotopic (exact) mass is 277 g/mol. The highest BCUT2D eigenvalue weighted by Crippen LogP contribution is 2.13. The minimum atomic E-state index is 0.0519. The van der Waals surface area contributed by atoms with Gasteiger partial charge in [0.05, 0.1) is 0 Å². The molecule has 1 aliphatic heterocycles. The summed E-state index contributed by atoms with van der Waals surface area (Å²) in [6, 6.07) is 4.44. The summed E-state index contributed by atoms with van der Waals surface area (Å²) >= 11 is 0. The molecule has 0 radical (unpaired) electrons. The van der Waals surface area contributed by atoms with Crippen molar-refractivity contribution in [3.05, 3.63) is 29.6 Å². The van der Waals surface area contributed by atoms with Crippen LogP contribution in [0.3, 0.4) is 0 Å². The van der Waals surface area contributed by atoms with Crippen LogP contribution in [0.2, 0.25) is 0 Å². The first-order valence-corrected chi connectivity index (χ1v) is 7.03. The van der Waals surface area contributed by atoms with Gasteiger partial charge >= 0.3 is 0 Å². The van der Waals surface area contributed by atoms with Crippen LogP contribution in [-0.2, 0) is 6.54 Å². The third kappa shape index (κ3) is 3.46. The summed E-state index contributed by atoms with van der Waals surface area (Å²) < 4.78 is 0. The normalized spacial score (nSPS) is 22.1. The van der Waals surface area contributed by atoms with E-state index >= 15 is 0 Å². The summed E-state index contributed by atoms with van der Waals surface area (Å²) in [5, 5.41) is 11.7. The van der Waals surface area contributed by atoms with Gasteiger partial charge in [-0.05, 0) is 31.2 Å². The number of likely N-dealkylation sites (N-methyl/N-ethyl adjacent to an activating group) is 1. The molecular formula is C14H23N5O. The first kappa shape index (κ1) is 14.7. The summed E-state index contributed by atoms with van der Waals surface area (Å²) in [5.41, 5.74) is 7.23. The summed E-state index contributed by atoms with van der Waals surface area (Å²) in [5.74, 6) is 0.0519. The van der Waals surface area contributed by atoms with Crippen molar-refractivity contribution >= 4 is 5.84 Å². The molecule has 3 N–H and O–H groups in total. The molecule has 1 unspecified atom stereocenters. The van der Waals surface area contributed by atoms with E-state index < -0.39 is 0 Å². The van der Waals surface area contributed by atoms with Crippen LogP contribution in [0.15, 0.2) is 23.5 Å². The SMILES string of the molecule is CCN1CCN(Cc2ccnc(C(N)=NO)c2)CC1C. The number of hydrogen-bond acceptors (Lipinski definition) is 5. The van der Waals surface area contributed by atoms with Crippen molar-refractivity contribution in [2.24, 2.45) is 10.9 Å². The van der Waals surface area contributed by atoms with Crippen LogP contribution in [0.1, 0.15) is 25.1 Å². The lowest BCUT2D eigenvalue weighted by molar-refractivity contribution is 0.0834. The Labute approximate surface area is 119 Å². The number of hydrogen-bond donors (Lipinski definition) is 2. The van der Waals surface area contributed by atoms with Crippen molar-refractivity contribution in [2.75, 3.05) is 26.2 Å². The topological polar surface area (TPSA) is 78.0 Å². The molecule has 0 amide bonds. The maximum Gasteiger partial charge on any atom is 0.188 e. The van der Waals surface area contributed by atoms with Crippen LogP contribution in [-0.4, -0.2) is 58.0 Å². The molecule has 20 heavy (non-hydrogen) atoms. The number of oxime groups is 1. The van der Waals surface area contributed by atoms with Gasteiger partial charge in [-0.15, -0.1) is 0 Å². The number of aromatic nitrogens is 1. The zero-order valence-electron chi connectivity index (χ0n) is 12.2. The predicted molar refractivity (Wildman–Crippen MR) is 78.7 cm³/mol. The Kier molecular flexibility index (Phi) is 4.92. The van der Waals surface area contributed by atoms with Crippen molar-refractivity contribution in [3.63, 3.8) is 0 Å². The molecular weight excluding hydrogens is 254 g/mol. The van der Waals surface area contributed by atoms with Crippen molar-refractivity contribution in [1.29, 1.82) is 0 Å². The van der Waals surface area contributed by atoms with E-state index in [0.717, 1.165) is 38.3 Å². The van der Waals surface area contributed by atoms with Gasteiger partial charge in [-0.3, -0.25) is 14.8 Å². The molecule has 1 aromatic rings. The quantitative estimate of drug-likeness (QED) is 0.367. The molecule has 0 saturated carbocycles. The molecule has 2 heterocycles. The Hall–Kier alpha value is -1.66. The van der Waals surface area contributed by atoms with E-state index in [1.807, 2.05) is 12.1 Å². The lowest BCUT2D eigenvalue weighted by atomic mass is 10.1. The molecule has 6 heteroatoms. The van der Waals surface area contributed by atoms with Crippen molar-refractivity contribution in [3.8, 4) is 0 Å². The molecule has 1 atom stereocenters. The third-order valence-electron chi connectivity index (χ3n) is 3.86. The lowest BCUT2D eigenvalue weighted by Crippen LogP contribution is -2.51. The molecule has 0 bridgehead atoms. The van der Waals surface area contributed by atoms with Gasteiger partial charge in [-0.25, -0.2) is 0 Å². The van der Waals surface area contributed by atoms with Gasteiger partial charge in [0.1, 0.15) is 5.69 Å². The highest BCUT2D eigenvalue weighted by atomic mass is 16.4. The Balaban J connectivity index is 2.00. The fourth-order valence-electron chi connectivity index (χ4n) is 2.71. The Morgan fingerprint density at radius 2 is 2.35 bits per heavy atom. The van der Waals surface area contributed by atoms with E-state index in [4.69, 9.17) is 10.9 Å². The van der Waals surface area contributed by atoms with E-state index in [1.54, 1.807) is 6.20 Å². The van der Waals surface area contributed by atoms with Crippen LogP contribution in [0.25, 0.3) is 0 Å². The largest absolute Gasteiger partial charge is 0.409 e. The van der Waals surface area contributed by atoms with Crippen molar-refractivity contribution < 1.29 is 5.21 Å². The fourth-order valence-corrected chi connectivity index (χ4v) is 2.71. The average Bonchev–Trinajstić information content (AvgIpc) is 2.47. The number of piperazine rings is 1. The molecule has 1 aliphatic rings. The molecule has 1 saturated heterocycles. The maximum atomic E-state index is 8.70. The van der Waals surface area contributed by atoms with E-state index in [-0.39, 0.29) is 5.84 Å². The average molecular weight is 277 g/mol. The van der Waals surface area contributed by atoms with E-state index in [2.05, 4.69) is 33.8 Å². The highest BCUT2D eigenvalue weighted by molar-refractivity contribution is 5.95. The number of nitrogens with zero attached hydrogens (tertiary/aromatic N) is 4. The molecule has 110 valence electrons. The van der Waals surface area contributed by atoms with Gasteiger partial charge in [0.25, 0.3) is 0 Å². The molecule has 1 aromatic heterocycles. The van der Waals surface area contributed by atoms with Crippen LogP contribution in [0.5, 0.6) is 0 Å². The maximum absolute atomic E-state index is 8.70. The van der Waals surface area contributed by atoms with Crippen molar-refractivity contribution in [2.45, 2.75) is 26.4 Å². The Morgan fingerprint density at radius 3 is 3.00 bits per heavy atom. The van der Waals surface area contributed by atoms with E-state index in [0.29, 0.717) is 11.7 Å². The Morgan fingerprint density at radius 1 is 1.55 bits per heavy atom. The number of amidine groups is 1. The van der Waals surface area contributed by atoms with Gasteiger partial charge < -0.3 is 10.9 Å². The third-order valence-corrected chi connectivity index (χ3v) is 3.86. The number of rotatable bonds is 4. The smallest absolute Gasteiger partial charge is 0.188 e. The Bertz CT molecular complexity index is 476. The van der Waals surface area contributed by atoms with E-state index in [9.17, 15) is 0 Å². The van der Waals surface area contributed by atoms with Gasteiger partial charge in [0.15, 0.2) is 5.84 Å². The minimum Gasteiger partial charge on any atom is -0.409 e. The molecule has 1 fully saturated rings. The lowest BCUT2D eigenvalue weighted by Gasteiger charge is -2.39. The highest BCUT2D eigenvalue weighted by Gasteiger charge is 2.22. The molecule has 0 aromatic carbocycles. The summed E-state index contributed by atoms with van der Waals surface area (Å²) in [7, 11) is 0. The second-order valence-electron chi connectivity index (χ2n) is 5.25. The van der Waals surface area contributed by atoms with Crippen LogP contribution >= 0.6 is 0 Å². The predicted octanol–water partition coefficient (Wildman–Crippen LogP) is 0.702. The standard InChI is InChI=1S/C14H23N5O/c1-3-19-7-6-18(9-11(19)2)10-12-4-5-16-13(8-12)14(15)17-20/h4-5,8,11,20H,3,6-7,9-10H2,1-2H3,(H2,15,17). The van der Waals surface area contributed by atoms with Gasteiger partial charge in [-0.2, -0.15) is 0 Å². The van der Waals surface area contributed by atoms with Crippen LogP contribution in [0.4, 0.5) is 0 Å². The molecule has 0 spiro atoms. The second-order valence-corrected chi connectivity index (χ2v) is 5.25.